The van der Waals surface area contributed by atoms with Crippen LogP contribution in [0.1, 0.15) is 18.2 Å². The molecule has 19 heavy (non-hydrogen) atoms. The minimum absolute atomic E-state index is 0.0192. The smallest absolute Gasteiger partial charge is 0.0702 e. The molecule has 1 heterocycles. The molecule has 100 valence electrons. The minimum Gasteiger partial charge on any atom is -0.392 e. The Morgan fingerprint density at radius 2 is 2.11 bits per heavy atom. The molecule has 0 aliphatic rings. The van der Waals surface area contributed by atoms with Gasteiger partial charge in [0.15, 0.2) is 0 Å². The van der Waals surface area contributed by atoms with Crippen molar-refractivity contribution in [2.24, 2.45) is 0 Å². The van der Waals surface area contributed by atoms with Crippen LogP contribution in [-0.4, -0.2) is 16.6 Å². The summed E-state index contributed by atoms with van der Waals surface area (Å²) in [7, 11) is 0. The molecule has 0 radical (unpaired) electrons. The molecule has 2 aromatic rings. The van der Waals surface area contributed by atoms with Crippen molar-refractivity contribution >= 4 is 17.3 Å². The van der Waals surface area contributed by atoms with E-state index in [4.69, 9.17) is 11.6 Å². The first-order chi connectivity index (χ1) is 9.24. The van der Waals surface area contributed by atoms with Crippen LogP contribution in [-0.2, 0) is 13.2 Å². The minimum atomic E-state index is -0.0192. The Morgan fingerprint density at radius 3 is 2.74 bits per heavy atom. The van der Waals surface area contributed by atoms with Gasteiger partial charge in [0.05, 0.1) is 18.8 Å². The van der Waals surface area contributed by atoms with Crippen molar-refractivity contribution in [3.05, 3.63) is 58.9 Å². The molecule has 2 rings (SSSR count). The van der Waals surface area contributed by atoms with E-state index in [1.54, 1.807) is 12.3 Å². The Labute approximate surface area is 118 Å². The van der Waals surface area contributed by atoms with Crippen molar-refractivity contribution < 1.29 is 5.11 Å². The number of aliphatic hydroxyl groups is 1. The van der Waals surface area contributed by atoms with E-state index in [9.17, 15) is 5.11 Å². The van der Waals surface area contributed by atoms with Crippen LogP contribution in [0.15, 0.2) is 42.6 Å². The number of hydrogen-bond acceptors (Lipinski definition) is 3. The first kappa shape index (κ1) is 13.8. The summed E-state index contributed by atoms with van der Waals surface area (Å²) in [6, 6.07) is 11.5. The lowest BCUT2D eigenvalue weighted by Gasteiger charge is -2.25. The fraction of sp³-hybridized carbons (Fsp3) is 0.267. The van der Waals surface area contributed by atoms with Crippen LogP contribution in [0.2, 0.25) is 5.02 Å². The Kier molecular flexibility index (Phi) is 4.77. The SMILES string of the molecule is CCN(Cc1ccccn1)c1ccc(Cl)cc1CO. The van der Waals surface area contributed by atoms with Gasteiger partial charge in [-0.05, 0) is 37.3 Å². The molecule has 0 bridgehead atoms. The van der Waals surface area contributed by atoms with Gasteiger partial charge in [0.1, 0.15) is 0 Å². The monoisotopic (exact) mass is 276 g/mol. The number of hydrogen-bond donors (Lipinski definition) is 1. The standard InChI is InChI=1S/C15H17ClN2O/c1-2-18(10-14-5-3-4-8-17-14)15-7-6-13(16)9-12(15)11-19/h3-9,19H,2,10-11H2,1H3. The summed E-state index contributed by atoms with van der Waals surface area (Å²) < 4.78 is 0. The van der Waals surface area contributed by atoms with Gasteiger partial charge in [0, 0.05) is 29.0 Å². The third-order valence-electron chi connectivity index (χ3n) is 3.01. The third-order valence-corrected chi connectivity index (χ3v) is 3.25. The average Bonchev–Trinajstić information content (AvgIpc) is 2.46. The average molecular weight is 277 g/mol. The van der Waals surface area contributed by atoms with Crippen molar-refractivity contribution in [2.75, 3.05) is 11.4 Å². The van der Waals surface area contributed by atoms with Crippen LogP contribution in [0.25, 0.3) is 0 Å². The number of aromatic nitrogens is 1. The predicted molar refractivity (Wildman–Crippen MR) is 78.3 cm³/mol. The highest BCUT2D eigenvalue weighted by molar-refractivity contribution is 6.30. The Balaban J connectivity index is 2.27. The second-order valence-electron chi connectivity index (χ2n) is 4.27. The lowest BCUT2D eigenvalue weighted by Crippen LogP contribution is -2.23. The summed E-state index contributed by atoms with van der Waals surface area (Å²) in [5.74, 6) is 0. The molecule has 0 saturated heterocycles. The summed E-state index contributed by atoms with van der Waals surface area (Å²) >= 11 is 5.96. The Bertz CT molecular complexity index is 531. The second kappa shape index (κ2) is 6.55. The fourth-order valence-electron chi connectivity index (χ4n) is 2.04. The zero-order valence-corrected chi connectivity index (χ0v) is 11.6. The second-order valence-corrected chi connectivity index (χ2v) is 4.70. The molecule has 0 spiro atoms. The van der Waals surface area contributed by atoms with Crippen LogP contribution in [0.5, 0.6) is 0 Å². The number of rotatable bonds is 5. The molecule has 0 aliphatic heterocycles. The highest BCUT2D eigenvalue weighted by Gasteiger charge is 2.11. The van der Waals surface area contributed by atoms with Crippen LogP contribution >= 0.6 is 11.6 Å². The summed E-state index contributed by atoms with van der Waals surface area (Å²) in [6.45, 7) is 3.62. The summed E-state index contributed by atoms with van der Waals surface area (Å²) in [5, 5.41) is 10.1. The fourth-order valence-corrected chi connectivity index (χ4v) is 2.24. The van der Waals surface area contributed by atoms with Gasteiger partial charge in [0.2, 0.25) is 0 Å². The highest BCUT2D eigenvalue weighted by atomic mass is 35.5. The quantitative estimate of drug-likeness (QED) is 0.911. The molecule has 4 heteroatoms. The number of nitrogens with zero attached hydrogens (tertiary/aromatic N) is 2. The lowest BCUT2D eigenvalue weighted by atomic mass is 10.1. The maximum atomic E-state index is 9.45. The number of aliphatic hydroxyl groups excluding tert-OH is 1. The molecule has 0 aliphatic carbocycles. The Hall–Kier alpha value is -1.58. The molecular weight excluding hydrogens is 260 g/mol. The molecule has 0 fully saturated rings. The van der Waals surface area contributed by atoms with E-state index in [1.165, 1.54) is 0 Å². The molecule has 1 aromatic heterocycles. The maximum Gasteiger partial charge on any atom is 0.0702 e. The first-order valence-corrected chi connectivity index (χ1v) is 6.66. The van der Waals surface area contributed by atoms with E-state index in [0.717, 1.165) is 23.5 Å². The summed E-state index contributed by atoms with van der Waals surface area (Å²) in [6.07, 6.45) is 1.79. The van der Waals surface area contributed by atoms with Crippen LogP contribution in [0.3, 0.4) is 0 Å². The highest BCUT2D eigenvalue weighted by Crippen LogP contribution is 2.25. The zero-order valence-electron chi connectivity index (χ0n) is 10.9. The van der Waals surface area contributed by atoms with E-state index < -0.39 is 0 Å². The first-order valence-electron chi connectivity index (χ1n) is 6.28. The van der Waals surface area contributed by atoms with E-state index in [-0.39, 0.29) is 6.61 Å². The van der Waals surface area contributed by atoms with Crippen molar-refractivity contribution in [1.29, 1.82) is 0 Å². The van der Waals surface area contributed by atoms with Crippen molar-refractivity contribution in [3.63, 3.8) is 0 Å². The van der Waals surface area contributed by atoms with E-state index >= 15 is 0 Å². The van der Waals surface area contributed by atoms with E-state index in [1.807, 2.05) is 30.3 Å². The van der Waals surface area contributed by atoms with Gasteiger partial charge in [-0.15, -0.1) is 0 Å². The van der Waals surface area contributed by atoms with Crippen molar-refractivity contribution in [1.82, 2.24) is 4.98 Å². The van der Waals surface area contributed by atoms with Gasteiger partial charge in [-0.25, -0.2) is 0 Å². The number of halogens is 1. The molecule has 0 unspecified atom stereocenters. The summed E-state index contributed by atoms with van der Waals surface area (Å²) in [4.78, 5) is 6.51. The molecular formula is C15H17ClN2O. The molecule has 0 saturated carbocycles. The van der Waals surface area contributed by atoms with Crippen molar-refractivity contribution in [2.45, 2.75) is 20.1 Å². The van der Waals surface area contributed by atoms with Crippen molar-refractivity contribution in [3.8, 4) is 0 Å². The molecule has 3 nitrogen and oxygen atoms in total. The number of anilines is 1. The van der Waals surface area contributed by atoms with Gasteiger partial charge >= 0.3 is 0 Å². The lowest BCUT2D eigenvalue weighted by molar-refractivity contribution is 0.282. The van der Waals surface area contributed by atoms with Gasteiger partial charge in [-0.3, -0.25) is 4.98 Å². The topological polar surface area (TPSA) is 36.4 Å². The predicted octanol–water partition coefficient (Wildman–Crippen LogP) is 3.25. The normalized spacial score (nSPS) is 10.5. The Morgan fingerprint density at radius 1 is 1.26 bits per heavy atom. The number of pyridine rings is 1. The summed E-state index contributed by atoms with van der Waals surface area (Å²) in [5.41, 5.74) is 2.84. The van der Waals surface area contributed by atoms with Crippen LogP contribution in [0.4, 0.5) is 5.69 Å². The van der Waals surface area contributed by atoms with Gasteiger partial charge in [0.25, 0.3) is 0 Å². The molecule has 0 atom stereocenters. The molecule has 1 aromatic carbocycles. The maximum absolute atomic E-state index is 9.45. The number of benzene rings is 1. The zero-order chi connectivity index (χ0) is 13.7. The van der Waals surface area contributed by atoms with Crippen LogP contribution < -0.4 is 4.90 Å². The van der Waals surface area contributed by atoms with E-state index in [2.05, 4.69) is 16.8 Å². The molecule has 1 N–H and O–H groups in total. The van der Waals surface area contributed by atoms with Crippen LogP contribution in [0, 0.1) is 0 Å². The molecule has 0 amide bonds. The van der Waals surface area contributed by atoms with E-state index in [0.29, 0.717) is 11.6 Å². The van der Waals surface area contributed by atoms with Gasteiger partial charge in [-0.1, -0.05) is 17.7 Å². The van der Waals surface area contributed by atoms with Gasteiger partial charge < -0.3 is 10.0 Å². The third kappa shape index (κ3) is 3.46. The van der Waals surface area contributed by atoms with Gasteiger partial charge in [-0.2, -0.15) is 0 Å². The largest absolute Gasteiger partial charge is 0.392 e.